The zero-order valence-electron chi connectivity index (χ0n) is 8.42. The van der Waals surface area contributed by atoms with E-state index in [0.29, 0.717) is 0 Å². The maximum Gasteiger partial charge on any atom is 0.408 e. The molecule has 0 radical (unpaired) electrons. The lowest BCUT2D eigenvalue weighted by atomic mass is 10.2. The zero-order chi connectivity index (χ0) is 11.3. The molecule has 15 heavy (non-hydrogen) atoms. The van der Waals surface area contributed by atoms with Crippen molar-refractivity contribution in [3.05, 3.63) is 35.9 Å². The number of amides is 1. The van der Waals surface area contributed by atoms with E-state index in [0.717, 1.165) is 10.5 Å². The summed E-state index contributed by atoms with van der Waals surface area (Å²) in [5, 5.41) is 17.6. The van der Waals surface area contributed by atoms with Gasteiger partial charge in [-0.1, -0.05) is 30.3 Å². The smallest absolute Gasteiger partial charge is 0.408 e. The normalized spacial score (nSPS) is 11.5. The molecule has 78 valence electrons. The standard InChI is InChI=1S/C11H12N2O2/c1-9(7-12)13(11(14)15)8-10-5-3-2-4-6-10/h2-6,9H,8H2,1H3,(H,14,15). The van der Waals surface area contributed by atoms with Gasteiger partial charge in [0.15, 0.2) is 0 Å². The second-order valence-corrected chi connectivity index (χ2v) is 3.20. The minimum Gasteiger partial charge on any atom is -0.465 e. The fourth-order valence-electron chi connectivity index (χ4n) is 1.22. The Kier molecular flexibility index (Phi) is 3.69. The van der Waals surface area contributed by atoms with E-state index in [1.54, 1.807) is 6.92 Å². The van der Waals surface area contributed by atoms with Crippen molar-refractivity contribution < 1.29 is 9.90 Å². The average Bonchev–Trinajstić information content (AvgIpc) is 2.26. The minimum absolute atomic E-state index is 0.241. The van der Waals surface area contributed by atoms with Gasteiger partial charge in [-0.25, -0.2) is 4.79 Å². The van der Waals surface area contributed by atoms with Gasteiger partial charge in [-0.2, -0.15) is 5.26 Å². The summed E-state index contributed by atoms with van der Waals surface area (Å²) in [6, 6.07) is 10.5. The third-order valence-electron chi connectivity index (χ3n) is 2.10. The van der Waals surface area contributed by atoms with Crippen LogP contribution in [0.5, 0.6) is 0 Å². The molecule has 1 amide bonds. The van der Waals surface area contributed by atoms with Gasteiger partial charge in [0.05, 0.1) is 12.6 Å². The Hall–Kier alpha value is -2.02. The SMILES string of the molecule is CC(C#N)N(Cc1ccccc1)C(=O)O. The van der Waals surface area contributed by atoms with E-state index in [2.05, 4.69) is 0 Å². The molecule has 0 bridgehead atoms. The highest BCUT2D eigenvalue weighted by Gasteiger charge is 2.18. The third-order valence-corrected chi connectivity index (χ3v) is 2.10. The minimum atomic E-state index is -1.08. The van der Waals surface area contributed by atoms with Crippen molar-refractivity contribution in [1.29, 1.82) is 5.26 Å². The maximum atomic E-state index is 10.9. The molecule has 1 aromatic rings. The number of carbonyl (C=O) groups is 1. The Morgan fingerprint density at radius 3 is 2.60 bits per heavy atom. The van der Waals surface area contributed by atoms with Crippen LogP contribution >= 0.6 is 0 Å². The number of rotatable bonds is 3. The van der Waals surface area contributed by atoms with Gasteiger partial charge in [0.1, 0.15) is 6.04 Å². The Morgan fingerprint density at radius 1 is 1.53 bits per heavy atom. The molecule has 1 unspecified atom stereocenters. The molecule has 0 saturated heterocycles. The average molecular weight is 204 g/mol. The largest absolute Gasteiger partial charge is 0.465 e. The van der Waals surface area contributed by atoms with Crippen molar-refractivity contribution in [2.45, 2.75) is 19.5 Å². The lowest BCUT2D eigenvalue weighted by Crippen LogP contribution is -2.36. The summed E-state index contributed by atoms with van der Waals surface area (Å²) >= 11 is 0. The Labute approximate surface area is 88.4 Å². The Balaban J connectivity index is 2.77. The van der Waals surface area contributed by atoms with Crippen LogP contribution in [0.2, 0.25) is 0 Å². The van der Waals surface area contributed by atoms with Gasteiger partial charge in [0.2, 0.25) is 0 Å². The number of hydrogen-bond donors (Lipinski definition) is 1. The molecule has 0 aliphatic rings. The topological polar surface area (TPSA) is 64.3 Å². The van der Waals surface area contributed by atoms with Crippen LogP contribution in [-0.4, -0.2) is 22.1 Å². The van der Waals surface area contributed by atoms with Gasteiger partial charge in [-0.05, 0) is 12.5 Å². The van der Waals surface area contributed by atoms with E-state index in [9.17, 15) is 4.79 Å². The van der Waals surface area contributed by atoms with Crippen LogP contribution in [-0.2, 0) is 6.54 Å². The molecule has 0 heterocycles. The second-order valence-electron chi connectivity index (χ2n) is 3.20. The number of carboxylic acid groups (broad SMARTS) is 1. The molecule has 1 rings (SSSR count). The first-order valence-corrected chi connectivity index (χ1v) is 4.58. The number of nitrogens with zero attached hydrogens (tertiary/aromatic N) is 2. The van der Waals surface area contributed by atoms with Crippen molar-refractivity contribution in [1.82, 2.24) is 4.90 Å². The second kappa shape index (κ2) is 5.01. The quantitative estimate of drug-likeness (QED) is 0.819. The molecule has 4 nitrogen and oxygen atoms in total. The monoisotopic (exact) mass is 204 g/mol. The van der Waals surface area contributed by atoms with E-state index in [4.69, 9.17) is 10.4 Å². The van der Waals surface area contributed by atoms with E-state index in [1.807, 2.05) is 36.4 Å². The van der Waals surface area contributed by atoms with Crippen LogP contribution < -0.4 is 0 Å². The molecule has 0 aromatic heterocycles. The summed E-state index contributed by atoms with van der Waals surface area (Å²) in [7, 11) is 0. The molecule has 0 saturated carbocycles. The van der Waals surface area contributed by atoms with Crippen molar-refractivity contribution in [3.63, 3.8) is 0 Å². The highest BCUT2D eigenvalue weighted by Crippen LogP contribution is 2.07. The summed E-state index contributed by atoms with van der Waals surface area (Å²) in [6.07, 6.45) is -1.08. The van der Waals surface area contributed by atoms with Gasteiger partial charge in [0.25, 0.3) is 0 Å². The summed E-state index contributed by atoms with van der Waals surface area (Å²) in [6.45, 7) is 1.81. The molecule has 0 aliphatic heterocycles. The van der Waals surface area contributed by atoms with Gasteiger partial charge in [-0.15, -0.1) is 0 Å². The third kappa shape index (κ3) is 2.99. The van der Waals surface area contributed by atoms with Gasteiger partial charge < -0.3 is 5.11 Å². The number of benzene rings is 1. The van der Waals surface area contributed by atoms with Crippen molar-refractivity contribution in [2.24, 2.45) is 0 Å². The molecule has 1 aromatic carbocycles. The van der Waals surface area contributed by atoms with Crippen molar-refractivity contribution in [2.75, 3.05) is 0 Å². The van der Waals surface area contributed by atoms with E-state index < -0.39 is 12.1 Å². The lowest BCUT2D eigenvalue weighted by molar-refractivity contribution is 0.135. The van der Waals surface area contributed by atoms with Gasteiger partial charge in [-0.3, -0.25) is 4.90 Å². The Bertz CT molecular complexity index is 370. The van der Waals surface area contributed by atoms with Crippen LogP contribution in [0.25, 0.3) is 0 Å². The highest BCUT2D eigenvalue weighted by atomic mass is 16.4. The first-order valence-electron chi connectivity index (χ1n) is 4.58. The highest BCUT2D eigenvalue weighted by molar-refractivity contribution is 5.65. The van der Waals surface area contributed by atoms with E-state index in [-0.39, 0.29) is 6.54 Å². The number of nitriles is 1. The van der Waals surface area contributed by atoms with Gasteiger partial charge >= 0.3 is 6.09 Å². The molecule has 1 N–H and O–H groups in total. The van der Waals surface area contributed by atoms with Crippen LogP contribution in [0.4, 0.5) is 4.79 Å². The molecular formula is C11H12N2O2. The van der Waals surface area contributed by atoms with Crippen LogP contribution in [0.1, 0.15) is 12.5 Å². The van der Waals surface area contributed by atoms with Crippen molar-refractivity contribution >= 4 is 6.09 Å². The predicted octanol–water partition coefficient (Wildman–Crippen LogP) is 2.08. The van der Waals surface area contributed by atoms with Crippen LogP contribution in [0, 0.1) is 11.3 Å². The molecule has 0 aliphatic carbocycles. The lowest BCUT2D eigenvalue weighted by Gasteiger charge is -2.21. The van der Waals surface area contributed by atoms with E-state index in [1.165, 1.54) is 0 Å². The fraction of sp³-hybridized carbons (Fsp3) is 0.273. The molecule has 4 heteroatoms. The molecular weight excluding hydrogens is 192 g/mol. The first-order chi connectivity index (χ1) is 7.15. The summed E-state index contributed by atoms with van der Waals surface area (Å²) < 4.78 is 0. The van der Waals surface area contributed by atoms with Crippen LogP contribution in [0.15, 0.2) is 30.3 Å². The molecule has 0 spiro atoms. The Morgan fingerprint density at radius 2 is 2.13 bits per heavy atom. The van der Waals surface area contributed by atoms with Crippen molar-refractivity contribution in [3.8, 4) is 6.07 Å². The summed E-state index contributed by atoms with van der Waals surface area (Å²) in [4.78, 5) is 12.0. The zero-order valence-corrected chi connectivity index (χ0v) is 8.42. The van der Waals surface area contributed by atoms with Gasteiger partial charge in [0, 0.05) is 0 Å². The fourth-order valence-corrected chi connectivity index (χ4v) is 1.22. The van der Waals surface area contributed by atoms with Crippen LogP contribution in [0.3, 0.4) is 0 Å². The molecule has 0 fully saturated rings. The number of hydrogen-bond acceptors (Lipinski definition) is 2. The van der Waals surface area contributed by atoms with E-state index >= 15 is 0 Å². The maximum absolute atomic E-state index is 10.9. The summed E-state index contributed by atoms with van der Waals surface area (Å²) in [5.74, 6) is 0. The summed E-state index contributed by atoms with van der Waals surface area (Å²) in [5.41, 5.74) is 0.877. The predicted molar refractivity (Wildman–Crippen MR) is 55.1 cm³/mol. The first kappa shape index (κ1) is 11.1. The molecule has 1 atom stereocenters.